The molecule has 2 rings (SSSR count). The standard InChI is InChI=1S/C11H16N4O3S/c1-3-15-8-9(6-14-15)13-7-10-4-5-11(18-10)19(16,17)12-2/h4-6,8,12-13H,3,7H2,1-2H3. The molecule has 2 aromatic heterocycles. The topological polar surface area (TPSA) is 89.2 Å². The molecule has 104 valence electrons. The van der Waals surface area contributed by atoms with Crippen LogP contribution in [0, 0.1) is 0 Å². The fourth-order valence-corrected chi connectivity index (χ4v) is 2.18. The summed E-state index contributed by atoms with van der Waals surface area (Å²) < 4.78 is 32.2. The number of nitrogens with zero attached hydrogens (tertiary/aromatic N) is 2. The van der Waals surface area contributed by atoms with E-state index in [9.17, 15) is 8.42 Å². The number of furan rings is 1. The van der Waals surface area contributed by atoms with E-state index >= 15 is 0 Å². The Hall–Kier alpha value is -1.80. The van der Waals surface area contributed by atoms with Gasteiger partial charge >= 0.3 is 0 Å². The summed E-state index contributed by atoms with van der Waals surface area (Å²) in [7, 11) is -2.18. The molecule has 2 heterocycles. The number of nitrogens with one attached hydrogen (secondary N) is 2. The first-order chi connectivity index (χ1) is 9.05. The van der Waals surface area contributed by atoms with Gasteiger partial charge in [0, 0.05) is 12.7 Å². The van der Waals surface area contributed by atoms with Crippen LogP contribution in [0.3, 0.4) is 0 Å². The highest BCUT2D eigenvalue weighted by Crippen LogP contribution is 2.15. The lowest BCUT2D eigenvalue weighted by atomic mass is 10.4. The molecule has 7 nitrogen and oxygen atoms in total. The fourth-order valence-electron chi connectivity index (χ4n) is 1.52. The van der Waals surface area contributed by atoms with Crippen LogP contribution in [0.5, 0.6) is 0 Å². The van der Waals surface area contributed by atoms with Crippen molar-refractivity contribution < 1.29 is 12.8 Å². The minimum Gasteiger partial charge on any atom is -0.446 e. The number of hydrogen-bond donors (Lipinski definition) is 2. The van der Waals surface area contributed by atoms with Crippen LogP contribution in [0.2, 0.25) is 0 Å². The summed E-state index contributed by atoms with van der Waals surface area (Å²) in [6.45, 7) is 3.19. The minimum absolute atomic E-state index is 0.0870. The van der Waals surface area contributed by atoms with E-state index in [4.69, 9.17) is 4.42 Å². The molecule has 0 aliphatic rings. The van der Waals surface area contributed by atoms with Crippen LogP contribution in [0.4, 0.5) is 5.69 Å². The van der Waals surface area contributed by atoms with Crippen molar-refractivity contribution in [2.24, 2.45) is 0 Å². The van der Waals surface area contributed by atoms with Gasteiger partial charge in [-0.05, 0) is 26.1 Å². The third kappa shape index (κ3) is 3.15. The molecular weight excluding hydrogens is 268 g/mol. The average Bonchev–Trinajstić information content (AvgIpc) is 3.05. The fraction of sp³-hybridized carbons (Fsp3) is 0.364. The van der Waals surface area contributed by atoms with E-state index in [0.717, 1.165) is 12.2 Å². The molecule has 0 fully saturated rings. The molecule has 0 atom stereocenters. The molecule has 0 saturated carbocycles. The molecule has 0 aromatic carbocycles. The molecule has 0 radical (unpaired) electrons. The van der Waals surface area contributed by atoms with Crippen LogP contribution in [0.1, 0.15) is 12.7 Å². The largest absolute Gasteiger partial charge is 0.446 e. The van der Waals surface area contributed by atoms with Crippen molar-refractivity contribution in [2.75, 3.05) is 12.4 Å². The zero-order valence-electron chi connectivity index (χ0n) is 10.8. The van der Waals surface area contributed by atoms with Crippen LogP contribution in [0.15, 0.2) is 34.0 Å². The summed E-state index contributed by atoms with van der Waals surface area (Å²) in [5, 5.41) is 7.14. The third-order valence-corrected chi connectivity index (χ3v) is 3.88. The maximum absolute atomic E-state index is 11.5. The van der Waals surface area contributed by atoms with Crippen molar-refractivity contribution in [1.29, 1.82) is 0 Å². The molecular formula is C11H16N4O3S. The Morgan fingerprint density at radius 1 is 1.42 bits per heavy atom. The van der Waals surface area contributed by atoms with Crippen LogP contribution in [-0.4, -0.2) is 25.2 Å². The van der Waals surface area contributed by atoms with Gasteiger partial charge in [0.25, 0.3) is 10.0 Å². The average molecular weight is 284 g/mol. The first kappa shape index (κ1) is 13.6. The van der Waals surface area contributed by atoms with Gasteiger partial charge in [-0.1, -0.05) is 0 Å². The van der Waals surface area contributed by atoms with Crippen molar-refractivity contribution in [3.63, 3.8) is 0 Å². The second-order valence-corrected chi connectivity index (χ2v) is 5.68. The van der Waals surface area contributed by atoms with Gasteiger partial charge in [-0.3, -0.25) is 4.68 Å². The molecule has 0 spiro atoms. The van der Waals surface area contributed by atoms with Gasteiger partial charge in [0.1, 0.15) is 5.76 Å². The lowest BCUT2D eigenvalue weighted by molar-refractivity contribution is 0.417. The summed E-state index contributed by atoms with van der Waals surface area (Å²) >= 11 is 0. The second-order valence-electron chi connectivity index (χ2n) is 3.87. The molecule has 0 aliphatic carbocycles. The summed E-state index contributed by atoms with van der Waals surface area (Å²) in [5.41, 5.74) is 0.858. The van der Waals surface area contributed by atoms with Crippen molar-refractivity contribution >= 4 is 15.7 Å². The third-order valence-electron chi connectivity index (χ3n) is 2.59. The van der Waals surface area contributed by atoms with Crippen molar-refractivity contribution in [2.45, 2.75) is 25.1 Å². The summed E-state index contributed by atoms with van der Waals surface area (Å²) in [4.78, 5) is 0. The van der Waals surface area contributed by atoms with Crippen molar-refractivity contribution in [1.82, 2.24) is 14.5 Å². The molecule has 2 aromatic rings. The lowest BCUT2D eigenvalue weighted by Gasteiger charge is -2.00. The van der Waals surface area contributed by atoms with E-state index in [0.29, 0.717) is 12.3 Å². The summed E-state index contributed by atoms with van der Waals surface area (Å²) in [6, 6.07) is 3.06. The maximum Gasteiger partial charge on any atom is 0.273 e. The highest BCUT2D eigenvalue weighted by molar-refractivity contribution is 7.89. The quantitative estimate of drug-likeness (QED) is 0.826. The Balaban J connectivity index is 2.01. The van der Waals surface area contributed by atoms with Crippen LogP contribution in [-0.2, 0) is 23.1 Å². The van der Waals surface area contributed by atoms with Crippen LogP contribution < -0.4 is 10.0 Å². The van der Waals surface area contributed by atoms with E-state index in [1.807, 2.05) is 13.1 Å². The number of aromatic nitrogens is 2. The Bertz CT molecular complexity index is 644. The number of anilines is 1. The maximum atomic E-state index is 11.5. The Morgan fingerprint density at radius 3 is 2.84 bits per heavy atom. The second kappa shape index (κ2) is 5.45. The highest BCUT2D eigenvalue weighted by Gasteiger charge is 2.16. The van der Waals surface area contributed by atoms with E-state index in [-0.39, 0.29) is 5.09 Å². The Labute approximate surface area is 111 Å². The molecule has 0 aliphatic heterocycles. The van der Waals surface area contributed by atoms with E-state index < -0.39 is 10.0 Å². The van der Waals surface area contributed by atoms with E-state index in [1.54, 1.807) is 16.9 Å². The van der Waals surface area contributed by atoms with E-state index in [2.05, 4.69) is 15.1 Å². The van der Waals surface area contributed by atoms with Gasteiger partial charge in [-0.25, -0.2) is 13.1 Å². The Kier molecular flexibility index (Phi) is 3.91. The van der Waals surface area contributed by atoms with Gasteiger partial charge in [-0.15, -0.1) is 0 Å². The van der Waals surface area contributed by atoms with Gasteiger partial charge in [0.15, 0.2) is 0 Å². The van der Waals surface area contributed by atoms with E-state index in [1.165, 1.54) is 13.1 Å². The van der Waals surface area contributed by atoms with Crippen LogP contribution >= 0.6 is 0 Å². The number of hydrogen-bond acceptors (Lipinski definition) is 5. The normalized spacial score (nSPS) is 11.7. The van der Waals surface area contributed by atoms with Gasteiger partial charge in [-0.2, -0.15) is 5.10 Å². The molecule has 0 unspecified atom stereocenters. The predicted octanol–water partition coefficient (Wildman–Crippen LogP) is 1.02. The molecule has 0 amide bonds. The number of sulfonamides is 1. The summed E-state index contributed by atoms with van der Waals surface area (Å²) in [5.74, 6) is 0.540. The first-order valence-corrected chi connectivity index (χ1v) is 7.32. The Morgan fingerprint density at radius 2 is 2.21 bits per heavy atom. The van der Waals surface area contributed by atoms with Gasteiger partial charge < -0.3 is 9.73 Å². The van der Waals surface area contributed by atoms with Gasteiger partial charge in [0.05, 0.1) is 18.4 Å². The number of rotatable bonds is 6. The smallest absolute Gasteiger partial charge is 0.273 e. The van der Waals surface area contributed by atoms with Crippen molar-refractivity contribution in [3.8, 4) is 0 Å². The molecule has 19 heavy (non-hydrogen) atoms. The lowest BCUT2D eigenvalue weighted by Crippen LogP contribution is -2.17. The molecule has 0 bridgehead atoms. The number of aryl methyl sites for hydroxylation is 1. The van der Waals surface area contributed by atoms with Crippen LogP contribution in [0.25, 0.3) is 0 Å². The molecule has 2 N–H and O–H groups in total. The molecule has 8 heteroatoms. The SMILES string of the molecule is CCn1cc(NCc2ccc(S(=O)(=O)NC)o2)cn1. The monoisotopic (exact) mass is 284 g/mol. The zero-order chi connectivity index (χ0) is 13.9. The van der Waals surface area contributed by atoms with Gasteiger partial charge in [0.2, 0.25) is 5.09 Å². The zero-order valence-corrected chi connectivity index (χ0v) is 11.6. The molecule has 0 saturated heterocycles. The highest BCUT2D eigenvalue weighted by atomic mass is 32.2. The minimum atomic E-state index is -3.52. The van der Waals surface area contributed by atoms with Crippen molar-refractivity contribution in [3.05, 3.63) is 30.3 Å². The predicted molar refractivity (Wildman–Crippen MR) is 70.2 cm³/mol. The first-order valence-electron chi connectivity index (χ1n) is 5.83. The summed E-state index contributed by atoms with van der Waals surface area (Å²) in [6.07, 6.45) is 3.58.